The Balaban J connectivity index is 1.80. The van der Waals surface area contributed by atoms with Gasteiger partial charge in [0.05, 0.1) is 0 Å². The number of hydrogen-bond donors (Lipinski definition) is 2. The summed E-state index contributed by atoms with van der Waals surface area (Å²) in [7, 11) is 0. The summed E-state index contributed by atoms with van der Waals surface area (Å²) < 4.78 is 0. The zero-order chi connectivity index (χ0) is 12.6. The van der Waals surface area contributed by atoms with Crippen LogP contribution in [0.1, 0.15) is 44.1 Å². The molecule has 3 N–H and O–H groups in total. The van der Waals surface area contributed by atoms with E-state index >= 15 is 0 Å². The van der Waals surface area contributed by atoms with Crippen molar-refractivity contribution >= 4 is 5.69 Å². The Morgan fingerprint density at radius 1 is 1.17 bits per heavy atom. The van der Waals surface area contributed by atoms with Crippen LogP contribution in [0.2, 0.25) is 0 Å². The van der Waals surface area contributed by atoms with Crippen molar-refractivity contribution in [2.75, 3.05) is 18.4 Å². The lowest BCUT2D eigenvalue weighted by Gasteiger charge is -2.22. The number of benzene rings is 1. The summed E-state index contributed by atoms with van der Waals surface area (Å²) in [5.74, 6) is 0.881. The third kappa shape index (κ3) is 4.34. The molecule has 0 heterocycles. The zero-order valence-corrected chi connectivity index (χ0v) is 11.3. The van der Waals surface area contributed by atoms with Crippen LogP contribution in [0.3, 0.4) is 0 Å². The zero-order valence-electron chi connectivity index (χ0n) is 11.3. The fraction of sp³-hybridized carbons (Fsp3) is 0.625. The van der Waals surface area contributed by atoms with E-state index in [4.69, 9.17) is 5.73 Å². The van der Waals surface area contributed by atoms with Crippen LogP contribution in [0.5, 0.6) is 0 Å². The van der Waals surface area contributed by atoms with Gasteiger partial charge in [0, 0.05) is 12.2 Å². The van der Waals surface area contributed by atoms with Crippen molar-refractivity contribution in [3.63, 3.8) is 0 Å². The summed E-state index contributed by atoms with van der Waals surface area (Å²) in [6.45, 7) is 1.92. The van der Waals surface area contributed by atoms with Gasteiger partial charge in [0.15, 0.2) is 0 Å². The monoisotopic (exact) mass is 246 g/mol. The first-order valence-corrected chi connectivity index (χ1v) is 7.41. The first-order chi connectivity index (χ1) is 8.88. The number of rotatable bonds is 6. The topological polar surface area (TPSA) is 38.0 Å². The number of anilines is 1. The molecule has 0 atom stereocenters. The molecular weight excluding hydrogens is 220 g/mol. The molecule has 2 heteroatoms. The van der Waals surface area contributed by atoms with Gasteiger partial charge in [0.1, 0.15) is 0 Å². The van der Waals surface area contributed by atoms with Crippen molar-refractivity contribution < 1.29 is 0 Å². The van der Waals surface area contributed by atoms with Crippen molar-refractivity contribution in [3.05, 3.63) is 29.8 Å². The number of aryl methyl sites for hydroxylation is 1. The van der Waals surface area contributed by atoms with E-state index < -0.39 is 0 Å². The van der Waals surface area contributed by atoms with Gasteiger partial charge in [-0.2, -0.15) is 0 Å². The van der Waals surface area contributed by atoms with E-state index in [-0.39, 0.29) is 0 Å². The Hall–Kier alpha value is -1.02. The largest absolute Gasteiger partial charge is 0.385 e. The molecule has 0 radical (unpaired) electrons. The molecule has 0 saturated heterocycles. The fourth-order valence-electron chi connectivity index (χ4n) is 2.80. The van der Waals surface area contributed by atoms with Crippen molar-refractivity contribution in [1.29, 1.82) is 0 Å². The number of nitrogens with one attached hydrogen (secondary N) is 1. The summed E-state index contributed by atoms with van der Waals surface area (Å²) >= 11 is 0. The minimum atomic E-state index is 0.778. The van der Waals surface area contributed by atoms with Crippen LogP contribution in [-0.4, -0.2) is 13.1 Å². The van der Waals surface area contributed by atoms with E-state index in [9.17, 15) is 0 Å². The van der Waals surface area contributed by atoms with Gasteiger partial charge in [0.2, 0.25) is 0 Å². The van der Waals surface area contributed by atoms with E-state index in [0.29, 0.717) is 0 Å². The van der Waals surface area contributed by atoms with Crippen molar-refractivity contribution in [3.8, 4) is 0 Å². The first-order valence-electron chi connectivity index (χ1n) is 7.41. The van der Waals surface area contributed by atoms with E-state index in [0.717, 1.165) is 31.8 Å². The molecule has 1 fully saturated rings. The lowest BCUT2D eigenvalue weighted by atomic mass is 9.89. The van der Waals surface area contributed by atoms with Crippen LogP contribution in [0.15, 0.2) is 24.3 Å². The SMILES string of the molecule is NCCCc1cccc(NCC2CCCCC2)c1. The maximum Gasteiger partial charge on any atom is 0.0343 e. The highest BCUT2D eigenvalue weighted by Crippen LogP contribution is 2.24. The Morgan fingerprint density at radius 2 is 2.00 bits per heavy atom. The van der Waals surface area contributed by atoms with E-state index in [2.05, 4.69) is 29.6 Å². The minimum Gasteiger partial charge on any atom is -0.385 e. The highest BCUT2D eigenvalue weighted by molar-refractivity contribution is 5.45. The normalized spacial score (nSPS) is 16.7. The molecule has 0 amide bonds. The molecule has 0 bridgehead atoms. The van der Waals surface area contributed by atoms with Gasteiger partial charge < -0.3 is 11.1 Å². The average molecular weight is 246 g/mol. The lowest BCUT2D eigenvalue weighted by Crippen LogP contribution is -2.17. The predicted molar refractivity (Wildman–Crippen MR) is 78.9 cm³/mol. The highest BCUT2D eigenvalue weighted by atomic mass is 14.9. The molecule has 1 aromatic rings. The quantitative estimate of drug-likeness (QED) is 0.805. The summed E-state index contributed by atoms with van der Waals surface area (Å²) in [6.07, 6.45) is 9.25. The predicted octanol–water partition coefficient (Wildman–Crippen LogP) is 3.57. The van der Waals surface area contributed by atoms with Crippen LogP contribution in [0, 0.1) is 5.92 Å². The maximum absolute atomic E-state index is 5.55. The van der Waals surface area contributed by atoms with E-state index in [1.165, 1.54) is 43.4 Å². The Kier molecular flexibility index (Phi) is 5.53. The van der Waals surface area contributed by atoms with Crippen LogP contribution >= 0.6 is 0 Å². The third-order valence-corrected chi connectivity index (χ3v) is 3.92. The molecule has 1 saturated carbocycles. The standard InChI is InChI=1S/C16H26N2/c17-11-5-9-14-8-4-10-16(12-14)18-13-15-6-2-1-3-7-15/h4,8,10,12,15,18H,1-3,5-7,9,11,13,17H2. The van der Waals surface area contributed by atoms with Gasteiger partial charge in [-0.3, -0.25) is 0 Å². The Labute approximate surface area is 111 Å². The fourth-order valence-corrected chi connectivity index (χ4v) is 2.80. The van der Waals surface area contributed by atoms with Crippen LogP contribution in [0.4, 0.5) is 5.69 Å². The van der Waals surface area contributed by atoms with Gasteiger partial charge in [0.25, 0.3) is 0 Å². The molecular formula is C16H26N2. The van der Waals surface area contributed by atoms with Crippen molar-refractivity contribution in [2.45, 2.75) is 44.9 Å². The molecule has 0 unspecified atom stereocenters. The second-order valence-electron chi connectivity index (χ2n) is 5.48. The van der Waals surface area contributed by atoms with Crippen LogP contribution < -0.4 is 11.1 Å². The molecule has 0 spiro atoms. The molecule has 0 aliphatic heterocycles. The van der Waals surface area contributed by atoms with Crippen molar-refractivity contribution in [2.24, 2.45) is 11.7 Å². The van der Waals surface area contributed by atoms with E-state index in [1.807, 2.05) is 0 Å². The molecule has 18 heavy (non-hydrogen) atoms. The molecule has 2 nitrogen and oxygen atoms in total. The molecule has 1 aliphatic rings. The average Bonchev–Trinajstić information content (AvgIpc) is 2.44. The third-order valence-electron chi connectivity index (χ3n) is 3.92. The second-order valence-corrected chi connectivity index (χ2v) is 5.48. The summed E-state index contributed by atoms with van der Waals surface area (Å²) in [6, 6.07) is 8.80. The van der Waals surface area contributed by atoms with Gasteiger partial charge in [-0.25, -0.2) is 0 Å². The first kappa shape index (κ1) is 13.4. The maximum atomic E-state index is 5.55. The molecule has 100 valence electrons. The van der Waals surface area contributed by atoms with Gasteiger partial charge >= 0.3 is 0 Å². The van der Waals surface area contributed by atoms with Gasteiger partial charge in [-0.15, -0.1) is 0 Å². The van der Waals surface area contributed by atoms with Gasteiger partial charge in [-0.1, -0.05) is 31.4 Å². The number of nitrogens with two attached hydrogens (primary N) is 1. The molecule has 2 rings (SSSR count). The Bertz CT molecular complexity index is 343. The van der Waals surface area contributed by atoms with Crippen LogP contribution in [0.25, 0.3) is 0 Å². The molecule has 0 aromatic heterocycles. The lowest BCUT2D eigenvalue weighted by molar-refractivity contribution is 0.373. The molecule has 1 aromatic carbocycles. The minimum absolute atomic E-state index is 0.778. The summed E-state index contributed by atoms with van der Waals surface area (Å²) in [5, 5.41) is 3.60. The molecule has 1 aliphatic carbocycles. The van der Waals surface area contributed by atoms with E-state index in [1.54, 1.807) is 0 Å². The highest BCUT2D eigenvalue weighted by Gasteiger charge is 2.12. The number of hydrogen-bond acceptors (Lipinski definition) is 2. The van der Waals surface area contributed by atoms with Gasteiger partial charge in [-0.05, 0) is 55.8 Å². The summed E-state index contributed by atoms with van der Waals surface area (Å²) in [4.78, 5) is 0. The van der Waals surface area contributed by atoms with Crippen LogP contribution in [-0.2, 0) is 6.42 Å². The van der Waals surface area contributed by atoms with Crippen molar-refractivity contribution in [1.82, 2.24) is 0 Å². The summed E-state index contributed by atoms with van der Waals surface area (Å²) in [5.41, 5.74) is 8.23. The Morgan fingerprint density at radius 3 is 2.78 bits per heavy atom. The smallest absolute Gasteiger partial charge is 0.0343 e. The second kappa shape index (κ2) is 7.42.